The van der Waals surface area contributed by atoms with Gasteiger partial charge in [0.15, 0.2) is 5.78 Å². The minimum atomic E-state index is -0.0399. The molecule has 5 heteroatoms. The number of rotatable bonds is 6. The summed E-state index contributed by atoms with van der Waals surface area (Å²) in [5.41, 5.74) is 0.651. The summed E-state index contributed by atoms with van der Waals surface area (Å²) in [5.74, 6) is 1.45. The van der Waals surface area contributed by atoms with E-state index in [9.17, 15) is 4.79 Å². The van der Waals surface area contributed by atoms with E-state index in [1.165, 1.54) is 11.8 Å². The van der Waals surface area contributed by atoms with E-state index in [0.29, 0.717) is 5.56 Å². The highest BCUT2D eigenvalue weighted by atomic mass is 79.9. The van der Waals surface area contributed by atoms with Gasteiger partial charge in [-0.15, -0.1) is 0 Å². The van der Waals surface area contributed by atoms with E-state index in [-0.39, 0.29) is 5.78 Å². The van der Waals surface area contributed by atoms with Crippen LogP contribution in [0.1, 0.15) is 10.4 Å². The number of benzene rings is 2. The van der Waals surface area contributed by atoms with E-state index >= 15 is 0 Å². The molecule has 0 amide bonds. The predicted molar refractivity (Wildman–Crippen MR) is 93.0 cm³/mol. The molecule has 22 heavy (non-hydrogen) atoms. The Balaban J connectivity index is 2.08. The third kappa shape index (κ3) is 4.39. The van der Waals surface area contributed by atoms with Crippen LogP contribution in [0.3, 0.4) is 0 Å². The lowest BCUT2D eigenvalue weighted by molar-refractivity contribution is 0.104. The van der Waals surface area contributed by atoms with Gasteiger partial charge in [-0.05, 0) is 53.9 Å². The molecule has 0 aliphatic rings. The minimum Gasteiger partial charge on any atom is -0.497 e. The minimum absolute atomic E-state index is 0.0399. The number of methoxy groups -OCH3 is 2. The van der Waals surface area contributed by atoms with Crippen molar-refractivity contribution < 1.29 is 14.3 Å². The number of allylic oxidation sites excluding steroid dienone is 1. The highest BCUT2D eigenvalue weighted by Gasteiger charge is 2.05. The Morgan fingerprint density at radius 2 is 1.82 bits per heavy atom. The topological polar surface area (TPSA) is 35.5 Å². The van der Waals surface area contributed by atoms with Crippen molar-refractivity contribution in [3.63, 3.8) is 0 Å². The van der Waals surface area contributed by atoms with Crippen LogP contribution < -0.4 is 9.47 Å². The fourth-order valence-electron chi connectivity index (χ4n) is 1.76. The number of carbonyl (C=O) groups is 1. The van der Waals surface area contributed by atoms with Crippen molar-refractivity contribution in [2.24, 2.45) is 0 Å². The highest BCUT2D eigenvalue weighted by molar-refractivity contribution is 9.10. The summed E-state index contributed by atoms with van der Waals surface area (Å²) in [6.07, 6.45) is 1.55. The van der Waals surface area contributed by atoms with Crippen molar-refractivity contribution in [3.8, 4) is 11.5 Å². The summed E-state index contributed by atoms with van der Waals surface area (Å²) >= 11 is 4.76. The quantitative estimate of drug-likeness (QED) is 0.404. The maximum atomic E-state index is 12.1. The first-order chi connectivity index (χ1) is 10.6. The molecule has 0 radical (unpaired) electrons. The van der Waals surface area contributed by atoms with Crippen LogP contribution in [-0.4, -0.2) is 20.0 Å². The van der Waals surface area contributed by atoms with E-state index in [0.717, 1.165) is 20.9 Å². The molecule has 0 saturated carbocycles. The standard InChI is InChI=1S/C17H15BrO3S/c1-20-14-7-8-16(21-2)17(11-14)22-10-9-15(19)12-3-5-13(18)6-4-12/h3-11H,1-2H3/b10-9+. The van der Waals surface area contributed by atoms with Gasteiger partial charge in [0.2, 0.25) is 0 Å². The molecule has 0 atom stereocenters. The van der Waals surface area contributed by atoms with Crippen molar-refractivity contribution in [1.29, 1.82) is 0 Å². The van der Waals surface area contributed by atoms with E-state index in [1.807, 2.05) is 30.3 Å². The number of halogens is 1. The zero-order valence-corrected chi connectivity index (χ0v) is 14.6. The summed E-state index contributed by atoms with van der Waals surface area (Å²) < 4.78 is 11.4. The van der Waals surface area contributed by atoms with Crippen LogP contribution in [-0.2, 0) is 0 Å². The normalized spacial score (nSPS) is 10.7. The van der Waals surface area contributed by atoms with Crippen molar-refractivity contribution in [2.75, 3.05) is 14.2 Å². The zero-order chi connectivity index (χ0) is 15.9. The largest absolute Gasteiger partial charge is 0.497 e. The molecule has 0 fully saturated rings. The second-order valence-electron chi connectivity index (χ2n) is 4.31. The fraction of sp³-hybridized carbons (Fsp3) is 0.118. The number of carbonyl (C=O) groups excluding carboxylic acids is 1. The Morgan fingerprint density at radius 1 is 1.09 bits per heavy atom. The van der Waals surface area contributed by atoms with Gasteiger partial charge in [0.05, 0.1) is 19.1 Å². The lowest BCUT2D eigenvalue weighted by atomic mass is 10.1. The fourth-order valence-corrected chi connectivity index (χ4v) is 2.81. The van der Waals surface area contributed by atoms with Crippen LogP contribution in [0, 0.1) is 0 Å². The van der Waals surface area contributed by atoms with Crippen LogP contribution in [0.2, 0.25) is 0 Å². The molecule has 2 rings (SSSR count). The zero-order valence-electron chi connectivity index (χ0n) is 12.2. The molecule has 2 aromatic carbocycles. The summed E-state index contributed by atoms with van der Waals surface area (Å²) in [4.78, 5) is 12.9. The lowest BCUT2D eigenvalue weighted by Crippen LogP contribution is -1.93. The van der Waals surface area contributed by atoms with Gasteiger partial charge >= 0.3 is 0 Å². The number of hydrogen-bond donors (Lipinski definition) is 0. The summed E-state index contributed by atoms with van der Waals surface area (Å²) in [6, 6.07) is 12.8. The Bertz CT molecular complexity index is 681. The molecule has 0 aromatic heterocycles. The molecule has 0 heterocycles. The van der Waals surface area contributed by atoms with Gasteiger partial charge in [0.1, 0.15) is 11.5 Å². The highest BCUT2D eigenvalue weighted by Crippen LogP contribution is 2.33. The van der Waals surface area contributed by atoms with Gasteiger partial charge in [-0.25, -0.2) is 0 Å². The van der Waals surface area contributed by atoms with Gasteiger partial charge in [-0.1, -0.05) is 27.7 Å². The molecule has 0 N–H and O–H groups in total. The van der Waals surface area contributed by atoms with E-state index < -0.39 is 0 Å². The first-order valence-electron chi connectivity index (χ1n) is 6.49. The molecule has 0 unspecified atom stereocenters. The summed E-state index contributed by atoms with van der Waals surface area (Å²) in [6.45, 7) is 0. The van der Waals surface area contributed by atoms with Gasteiger partial charge < -0.3 is 9.47 Å². The van der Waals surface area contributed by atoms with Crippen molar-refractivity contribution in [2.45, 2.75) is 4.90 Å². The van der Waals surface area contributed by atoms with E-state index in [4.69, 9.17) is 9.47 Å². The number of ketones is 1. The number of hydrogen-bond acceptors (Lipinski definition) is 4. The number of thioether (sulfide) groups is 1. The first-order valence-corrected chi connectivity index (χ1v) is 8.16. The second kappa shape index (κ2) is 8.06. The SMILES string of the molecule is COc1ccc(OC)c(S/C=C/C(=O)c2ccc(Br)cc2)c1. The first kappa shape index (κ1) is 16.6. The van der Waals surface area contributed by atoms with Crippen LogP contribution in [0.5, 0.6) is 11.5 Å². The smallest absolute Gasteiger partial charge is 0.186 e. The molecule has 3 nitrogen and oxygen atoms in total. The molecular formula is C17H15BrO3S. The monoisotopic (exact) mass is 378 g/mol. The Labute approximate surface area is 142 Å². The van der Waals surface area contributed by atoms with Gasteiger partial charge in [0.25, 0.3) is 0 Å². The maximum absolute atomic E-state index is 12.1. The van der Waals surface area contributed by atoms with Gasteiger partial charge in [0, 0.05) is 10.0 Å². The number of ether oxygens (including phenoxy) is 2. The Hall–Kier alpha value is -1.72. The predicted octanol–water partition coefficient (Wildman–Crippen LogP) is 4.96. The molecule has 0 spiro atoms. The summed E-state index contributed by atoms with van der Waals surface area (Å²) in [5, 5.41) is 1.75. The molecule has 0 saturated heterocycles. The van der Waals surface area contributed by atoms with E-state index in [2.05, 4.69) is 15.9 Å². The second-order valence-corrected chi connectivity index (χ2v) is 6.17. The summed E-state index contributed by atoms with van der Waals surface area (Å²) in [7, 11) is 3.23. The van der Waals surface area contributed by atoms with Crippen LogP contribution in [0.25, 0.3) is 0 Å². The maximum Gasteiger partial charge on any atom is 0.186 e. The van der Waals surface area contributed by atoms with E-state index in [1.54, 1.807) is 37.8 Å². The third-order valence-corrected chi connectivity index (χ3v) is 4.29. The van der Waals surface area contributed by atoms with Crippen LogP contribution in [0.15, 0.2) is 63.3 Å². The molecular weight excluding hydrogens is 364 g/mol. The Morgan fingerprint density at radius 3 is 2.45 bits per heavy atom. The van der Waals surface area contributed by atoms with Gasteiger partial charge in [-0.3, -0.25) is 4.79 Å². The van der Waals surface area contributed by atoms with Crippen molar-refractivity contribution in [1.82, 2.24) is 0 Å². The average molecular weight is 379 g/mol. The lowest BCUT2D eigenvalue weighted by Gasteiger charge is -2.07. The molecule has 114 valence electrons. The molecule has 0 aliphatic heterocycles. The van der Waals surface area contributed by atoms with Crippen molar-refractivity contribution in [3.05, 3.63) is 64.0 Å². The van der Waals surface area contributed by atoms with Crippen molar-refractivity contribution >= 4 is 33.5 Å². The van der Waals surface area contributed by atoms with Crippen LogP contribution >= 0.6 is 27.7 Å². The van der Waals surface area contributed by atoms with Crippen LogP contribution in [0.4, 0.5) is 0 Å². The molecule has 2 aromatic rings. The molecule has 0 bridgehead atoms. The third-order valence-electron chi connectivity index (χ3n) is 2.91. The Kier molecular flexibility index (Phi) is 6.10. The van der Waals surface area contributed by atoms with Gasteiger partial charge in [-0.2, -0.15) is 0 Å². The average Bonchev–Trinajstić information content (AvgIpc) is 2.55. The molecule has 0 aliphatic carbocycles.